The van der Waals surface area contributed by atoms with Gasteiger partial charge in [0.1, 0.15) is 19.8 Å². The quantitative estimate of drug-likeness (QED) is 0.0223. The van der Waals surface area contributed by atoms with Gasteiger partial charge < -0.3 is 18.9 Å². The van der Waals surface area contributed by atoms with E-state index in [1.54, 1.807) is 0 Å². The first kappa shape index (κ1) is 50.5. The summed E-state index contributed by atoms with van der Waals surface area (Å²) in [6, 6.07) is 0. The highest BCUT2D eigenvalue weighted by atomic mass is 31.2. The van der Waals surface area contributed by atoms with Gasteiger partial charge in [0.05, 0.1) is 27.7 Å². The topological polar surface area (TPSA) is 108 Å². The van der Waals surface area contributed by atoms with Crippen LogP contribution in [0, 0.1) is 0 Å². The average molecular weight is 765 g/mol. The number of likely N-dealkylation sites (N-methyl/N-ethyl adjacent to an activating group) is 1. The van der Waals surface area contributed by atoms with Crippen LogP contribution in [-0.4, -0.2) is 74.9 Å². The number of rotatable bonds is 35. The fraction of sp³-hybridized carbons (Fsp3) is 0.674. The Morgan fingerprint density at radius 1 is 0.604 bits per heavy atom. The van der Waals surface area contributed by atoms with Crippen molar-refractivity contribution in [3.8, 4) is 0 Å². The number of hydrogen-bond acceptors (Lipinski definition) is 7. The van der Waals surface area contributed by atoms with Crippen molar-refractivity contribution in [2.75, 3.05) is 47.5 Å². The molecule has 10 heteroatoms. The summed E-state index contributed by atoms with van der Waals surface area (Å²) < 4.78 is 34.1. The Balaban J connectivity index is 4.53. The summed E-state index contributed by atoms with van der Waals surface area (Å²) in [4.78, 5) is 35.2. The van der Waals surface area contributed by atoms with E-state index >= 15 is 0 Å². The summed E-state index contributed by atoms with van der Waals surface area (Å²) in [7, 11) is 1.43. The lowest BCUT2D eigenvalue weighted by Gasteiger charge is -2.24. The van der Waals surface area contributed by atoms with Gasteiger partial charge in [-0.1, -0.05) is 119 Å². The third kappa shape index (κ3) is 39.0. The number of nitrogens with zero attached hydrogens (tertiary/aromatic N) is 1. The number of phosphoric ester groups is 1. The fourth-order valence-electron chi connectivity index (χ4n) is 4.81. The molecule has 0 aromatic rings. The van der Waals surface area contributed by atoms with Gasteiger partial charge in [-0.15, -0.1) is 0 Å². The van der Waals surface area contributed by atoms with E-state index in [4.69, 9.17) is 18.5 Å². The lowest BCUT2D eigenvalue weighted by Crippen LogP contribution is -2.37. The van der Waals surface area contributed by atoms with Crippen LogP contribution >= 0.6 is 7.82 Å². The highest BCUT2D eigenvalue weighted by molar-refractivity contribution is 7.47. The van der Waals surface area contributed by atoms with Gasteiger partial charge in [-0.3, -0.25) is 18.6 Å². The molecule has 0 bridgehead atoms. The molecule has 0 aliphatic rings. The lowest BCUT2D eigenvalue weighted by atomic mass is 10.1. The molecule has 1 N–H and O–H groups in total. The molecule has 304 valence electrons. The summed E-state index contributed by atoms with van der Waals surface area (Å²) in [6.07, 6.45) is 42.4. The number of quaternary nitrogens is 1. The van der Waals surface area contributed by atoms with Crippen molar-refractivity contribution in [1.29, 1.82) is 0 Å². The molecule has 0 radical (unpaired) electrons. The molecule has 0 spiro atoms. The van der Waals surface area contributed by atoms with Gasteiger partial charge in [0.2, 0.25) is 0 Å². The van der Waals surface area contributed by atoms with Gasteiger partial charge in [-0.05, 0) is 77.0 Å². The molecule has 9 nitrogen and oxygen atoms in total. The number of carbonyl (C=O) groups is 2. The minimum Gasteiger partial charge on any atom is -0.462 e. The number of phosphoric acid groups is 1. The summed E-state index contributed by atoms with van der Waals surface area (Å²) in [5, 5.41) is 0. The first-order chi connectivity index (χ1) is 25.5. The Labute approximate surface area is 323 Å². The minimum absolute atomic E-state index is 0.0177. The predicted molar refractivity (Wildman–Crippen MR) is 219 cm³/mol. The summed E-state index contributed by atoms with van der Waals surface area (Å²) in [5.41, 5.74) is 0. The summed E-state index contributed by atoms with van der Waals surface area (Å²) >= 11 is 0. The Kier molecular flexibility index (Phi) is 33.5. The van der Waals surface area contributed by atoms with Crippen LogP contribution in [0.1, 0.15) is 136 Å². The van der Waals surface area contributed by atoms with Gasteiger partial charge >= 0.3 is 19.8 Å². The molecule has 0 aromatic carbocycles. The molecule has 0 heterocycles. The number of ether oxygens (including phenoxy) is 2. The van der Waals surface area contributed by atoms with Crippen LogP contribution in [0.2, 0.25) is 0 Å². The standard InChI is InChI=1S/C43H74NO8P/c1-6-8-10-12-14-16-18-20-21-22-23-24-26-27-29-31-33-35-42(45)49-39-41(40-51-53(47,48)50-38-37-44(3,4)5)52-43(46)36-34-32-30-28-25-19-17-15-13-11-9-7-2/h8,10,14-17,20-21,23-24,27,29,41H,6-7,9,11-13,18-19,22,25-26,28,30-40H2,1-5H3/p+1/b10-8-,16-14-,17-15-,21-20-,24-23-,29-27-/t41-/m1/s1. The normalized spacial score (nSPS) is 14.5. The number of esters is 2. The molecular formula is C43H75NO8P+. The van der Waals surface area contributed by atoms with E-state index in [1.165, 1.54) is 19.3 Å². The molecule has 0 fully saturated rings. The average Bonchev–Trinajstić information content (AvgIpc) is 3.10. The van der Waals surface area contributed by atoms with Crippen LogP contribution in [0.4, 0.5) is 0 Å². The van der Waals surface area contributed by atoms with E-state index in [0.717, 1.165) is 77.0 Å². The van der Waals surface area contributed by atoms with Crippen molar-refractivity contribution in [1.82, 2.24) is 0 Å². The molecule has 1 unspecified atom stereocenters. The van der Waals surface area contributed by atoms with Crippen molar-refractivity contribution in [3.05, 3.63) is 72.9 Å². The van der Waals surface area contributed by atoms with Gasteiger partial charge in [0, 0.05) is 12.8 Å². The lowest BCUT2D eigenvalue weighted by molar-refractivity contribution is -0.870. The van der Waals surface area contributed by atoms with E-state index in [1.807, 2.05) is 27.2 Å². The molecule has 0 saturated heterocycles. The van der Waals surface area contributed by atoms with Crippen molar-refractivity contribution in [2.45, 2.75) is 142 Å². The third-order valence-electron chi connectivity index (χ3n) is 7.97. The van der Waals surface area contributed by atoms with E-state index < -0.39 is 32.5 Å². The van der Waals surface area contributed by atoms with Crippen LogP contribution in [0.15, 0.2) is 72.9 Å². The second-order valence-electron chi connectivity index (χ2n) is 14.3. The van der Waals surface area contributed by atoms with Crippen LogP contribution < -0.4 is 0 Å². The molecule has 0 aliphatic carbocycles. The fourth-order valence-corrected chi connectivity index (χ4v) is 5.55. The van der Waals surface area contributed by atoms with Gasteiger partial charge in [-0.25, -0.2) is 4.57 Å². The molecule has 0 aromatic heterocycles. The second-order valence-corrected chi connectivity index (χ2v) is 15.7. The number of allylic oxidation sites excluding steroid dienone is 12. The Bertz CT molecular complexity index is 1140. The molecular weight excluding hydrogens is 689 g/mol. The third-order valence-corrected chi connectivity index (χ3v) is 8.95. The van der Waals surface area contributed by atoms with Gasteiger partial charge in [0.25, 0.3) is 0 Å². The predicted octanol–water partition coefficient (Wildman–Crippen LogP) is 11.1. The maximum atomic E-state index is 12.6. The number of carbonyl (C=O) groups excluding carboxylic acids is 2. The zero-order valence-electron chi connectivity index (χ0n) is 34.0. The van der Waals surface area contributed by atoms with E-state index in [9.17, 15) is 19.0 Å². The van der Waals surface area contributed by atoms with Crippen molar-refractivity contribution in [3.63, 3.8) is 0 Å². The van der Waals surface area contributed by atoms with Gasteiger partial charge in [0.15, 0.2) is 6.10 Å². The second kappa shape index (κ2) is 35.2. The molecule has 0 rings (SSSR count). The minimum atomic E-state index is -4.39. The van der Waals surface area contributed by atoms with Crippen LogP contribution in [0.3, 0.4) is 0 Å². The monoisotopic (exact) mass is 765 g/mol. The number of hydrogen-bond donors (Lipinski definition) is 1. The van der Waals surface area contributed by atoms with E-state index in [2.05, 4.69) is 80.7 Å². The van der Waals surface area contributed by atoms with E-state index in [-0.39, 0.29) is 26.1 Å². The highest BCUT2D eigenvalue weighted by Crippen LogP contribution is 2.43. The smallest absolute Gasteiger partial charge is 0.462 e. The number of unbranched alkanes of at least 4 members (excludes halogenated alkanes) is 9. The van der Waals surface area contributed by atoms with Crippen molar-refractivity contribution >= 4 is 19.8 Å². The van der Waals surface area contributed by atoms with Crippen LogP contribution in [0.5, 0.6) is 0 Å². The molecule has 0 aliphatic heterocycles. The van der Waals surface area contributed by atoms with Crippen LogP contribution in [-0.2, 0) is 32.7 Å². The Hall–Kier alpha value is -2.55. The molecule has 0 saturated carbocycles. The Morgan fingerprint density at radius 2 is 1.09 bits per heavy atom. The summed E-state index contributed by atoms with van der Waals surface area (Å²) in [5.74, 6) is -0.887. The zero-order valence-corrected chi connectivity index (χ0v) is 34.9. The first-order valence-electron chi connectivity index (χ1n) is 20.2. The first-order valence-corrected chi connectivity index (χ1v) is 21.7. The maximum absolute atomic E-state index is 12.6. The Morgan fingerprint density at radius 3 is 1.68 bits per heavy atom. The van der Waals surface area contributed by atoms with Gasteiger partial charge in [-0.2, -0.15) is 0 Å². The zero-order chi connectivity index (χ0) is 39.3. The molecule has 0 amide bonds. The van der Waals surface area contributed by atoms with Crippen molar-refractivity contribution < 1.29 is 42.1 Å². The largest absolute Gasteiger partial charge is 0.472 e. The molecule has 53 heavy (non-hydrogen) atoms. The maximum Gasteiger partial charge on any atom is 0.472 e. The highest BCUT2D eigenvalue weighted by Gasteiger charge is 2.27. The summed E-state index contributed by atoms with van der Waals surface area (Å²) in [6.45, 7) is 4.17. The van der Waals surface area contributed by atoms with E-state index in [0.29, 0.717) is 23.9 Å². The SMILES string of the molecule is CC/C=C\C/C=C\C/C=C\C/C=C\C/C=C\CCCC(=O)OC[C@H](COP(=O)(O)OCC[N+](C)(C)C)OC(=O)CCCCCCC/C=C\CCCCC. The van der Waals surface area contributed by atoms with Crippen LogP contribution in [0.25, 0.3) is 0 Å². The van der Waals surface area contributed by atoms with Crippen molar-refractivity contribution in [2.24, 2.45) is 0 Å². The molecule has 2 atom stereocenters.